The standard InChI is InChI=1S/C10H17N5O2/c1-6-12-9(14-13-6)5-15(2)10(17)8-3-7(16)4-11-8/h7-8,11,16H,3-5H2,1-2H3,(H,12,13,14). The number of likely N-dealkylation sites (N-methyl/N-ethyl adjacent to an activating group) is 1. The van der Waals surface area contributed by atoms with Gasteiger partial charge in [0.1, 0.15) is 5.82 Å². The summed E-state index contributed by atoms with van der Waals surface area (Å²) in [5.74, 6) is 1.29. The molecule has 1 aromatic rings. The molecule has 2 unspecified atom stereocenters. The van der Waals surface area contributed by atoms with Gasteiger partial charge in [-0.2, -0.15) is 5.10 Å². The Morgan fingerprint density at radius 1 is 1.65 bits per heavy atom. The van der Waals surface area contributed by atoms with Gasteiger partial charge in [0.05, 0.1) is 18.7 Å². The van der Waals surface area contributed by atoms with Gasteiger partial charge < -0.3 is 15.3 Å². The number of aromatic nitrogens is 3. The molecule has 0 radical (unpaired) electrons. The number of rotatable bonds is 3. The molecule has 7 heteroatoms. The molecule has 0 aliphatic carbocycles. The number of carbonyl (C=O) groups is 1. The molecular formula is C10H17N5O2. The number of aliphatic hydroxyl groups excluding tert-OH is 1. The summed E-state index contributed by atoms with van der Waals surface area (Å²) in [5, 5.41) is 19.1. The number of nitrogens with one attached hydrogen (secondary N) is 2. The lowest BCUT2D eigenvalue weighted by atomic mass is 10.2. The predicted octanol–water partition coefficient (Wildman–Crippen LogP) is -1.21. The van der Waals surface area contributed by atoms with Crippen molar-refractivity contribution in [1.82, 2.24) is 25.4 Å². The third kappa shape index (κ3) is 2.80. The van der Waals surface area contributed by atoms with Crippen LogP contribution in [-0.2, 0) is 11.3 Å². The fourth-order valence-electron chi connectivity index (χ4n) is 1.92. The van der Waals surface area contributed by atoms with Gasteiger partial charge in [-0.15, -0.1) is 0 Å². The van der Waals surface area contributed by atoms with E-state index in [1.54, 1.807) is 11.9 Å². The van der Waals surface area contributed by atoms with Crippen molar-refractivity contribution in [3.63, 3.8) is 0 Å². The fourth-order valence-corrected chi connectivity index (χ4v) is 1.92. The van der Waals surface area contributed by atoms with Crippen LogP contribution in [0.15, 0.2) is 0 Å². The second-order valence-electron chi connectivity index (χ2n) is 4.38. The summed E-state index contributed by atoms with van der Waals surface area (Å²) < 4.78 is 0. The second-order valence-corrected chi connectivity index (χ2v) is 4.38. The quantitative estimate of drug-likeness (QED) is 0.615. The molecule has 2 heterocycles. The van der Waals surface area contributed by atoms with E-state index >= 15 is 0 Å². The van der Waals surface area contributed by atoms with E-state index in [9.17, 15) is 9.90 Å². The summed E-state index contributed by atoms with van der Waals surface area (Å²) in [6, 6.07) is -0.296. The highest BCUT2D eigenvalue weighted by molar-refractivity contribution is 5.82. The SMILES string of the molecule is Cc1nc(CN(C)C(=O)C2CC(O)CN2)n[nH]1. The van der Waals surface area contributed by atoms with Gasteiger partial charge in [-0.25, -0.2) is 4.98 Å². The van der Waals surface area contributed by atoms with E-state index in [2.05, 4.69) is 20.5 Å². The molecule has 17 heavy (non-hydrogen) atoms. The van der Waals surface area contributed by atoms with Crippen molar-refractivity contribution >= 4 is 5.91 Å². The van der Waals surface area contributed by atoms with Crippen LogP contribution in [0.25, 0.3) is 0 Å². The fraction of sp³-hybridized carbons (Fsp3) is 0.700. The van der Waals surface area contributed by atoms with E-state index in [1.807, 2.05) is 6.92 Å². The Balaban J connectivity index is 1.91. The molecule has 1 aromatic heterocycles. The van der Waals surface area contributed by atoms with Crippen LogP contribution in [0.5, 0.6) is 0 Å². The summed E-state index contributed by atoms with van der Waals surface area (Å²) in [4.78, 5) is 17.7. The molecule has 3 N–H and O–H groups in total. The Kier molecular flexibility index (Phi) is 3.39. The first-order chi connectivity index (χ1) is 8.06. The van der Waals surface area contributed by atoms with Gasteiger partial charge in [0.25, 0.3) is 0 Å². The molecule has 1 amide bonds. The van der Waals surface area contributed by atoms with Crippen molar-refractivity contribution in [1.29, 1.82) is 0 Å². The van der Waals surface area contributed by atoms with Gasteiger partial charge in [-0.3, -0.25) is 9.89 Å². The van der Waals surface area contributed by atoms with Gasteiger partial charge in [0.15, 0.2) is 5.82 Å². The van der Waals surface area contributed by atoms with Gasteiger partial charge in [-0.1, -0.05) is 0 Å². The molecule has 7 nitrogen and oxygen atoms in total. The molecule has 2 atom stereocenters. The summed E-state index contributed by atoms with van der Waals surface area (Å²) in [5.41, 5.74) is 0. The Hall–Kier alpha value is -1.47. The number of amides is 1. The van der Waals surface area contributed by atoms with E-state index in [-0.39, 0.29) is 11.9 Å². The van der Waals surface area contributed by atoms with Gasteiger partial charge in [0, 0.05) is 13.6 Å². The topological polar surface area (TPSA) is 94.1 Å². The van der Waals surface area contributed by atoms with E-state index in [0.29, 0.717) is 25.3 Å². The predicted molar refractivity (Wildman–Crippen MR) is 60.0 cm³/mol. The monoisotopic (exact) mass is 239 g/mol. The zero-order valence-electron chi connectivity index (χ0n) is 9.97. The maximum atomic E-state index is 12.0. The van der Waals surface area contributed by atoms with Gasteiger partial charge in [-0.05, 0) is 13.3 Å². The number of aryl methyl sites for hydroxylation is 1. The average molecular weight is 239 g/mol. The van der Waals surface area contributed by atoms with E-state index < -0.39 is 6.10 Å². The van der Waals surface area contributed by atoms with E-state index in [4.69, 9.17) is 0 Å². The third-order valence-electron chi connectivity index (χ3n) is 2.80. The number of aliphatic hydroxyl groups is 1. The molecule has 0 spiro atoms. The first kappa shape index (κ1) is 12.0. The third-order valence-corrected chi connectivity index (χ3v) is 2.80. The number of hydrogen-bond donors (Lipinski definition) is 3. The zero-order chi connectivity index (χ0) is 12.4. The number of β-amino-alcohol motifs (C(OH)–C–C–N with tert-alkyl or cyclic N) is 1. The van der Waals surface area contributed by atoms with Crippen LogP contribution in [0.3, 0.4) is 0 Å². The molecule has 1 saturated heterocycles. The molecule has 1 aliphatic rings. The number of H-pyrrole nitrogens is 1. The number of nitrogens with zero attached hydrogens (tertiary/aromatic N) is 3. The largest absolute Gasteiger partial charge is 0.392 e. The molecule has 94 valence electrons. The smallest absolute Gasteiger partial charge is 0.239 e. The minimum atomic E-state index is -0.428. The van der Waals surface area contributed by atoms with Crippen molar-refractivity contribution in [2.45, 2.75) is 32.0 Å². The minimum Gasteiger partial charge on any atom is -0.392 e. The van der Waals surface area contributed by atoms with Crippen LogP contribution in [0.1, 0.15) is 18.1 Å². The normalized spacial score (nSPS) is 23.9. The summed E-state index contributed by atoms with van der Waals surface area (Å²) in [6.45, 7) is 2.66. The summed E-state index contributed by atoms with van der Waals surface area (Å²) >= 11 is 0. The average Bonchev–Trinajstić information content (AvgIpc) is 2.87. The van der Waals surface area contributed by atoms with Crippen molar-refractivity contribution in [3.05, 3.63) is 11.6 Å². The Morgan fingerprint density at radius 2 is 2.41 bits per heavy atom. The van der Waals surface area contributed by atoms with Gasteiger partial charge >= 0.3 is 0 Å². The van der Waals surface area contributed by atoms with Crippen LogP contribution in [0, 0.1) is 6.92 Å². The number of hydrogen-bond acceptors (Lipinski definition) is 5. The maximum Gasteiger partial charge on any atom is 0.239 e. The lowest BCUT2D eigenvalue weighted by Crippen LogP contribution is -2.41. The Bertz CT molecular complexity index is 405. The van der Waals surface area contributed by atoms with Crippen LogP contribution in [-0.4, -0.2) is 56.8 Å². The molecule has 0 aromatic carbocycles. The van der Waals surface area contributed by atoms with Crippen molar-refractivity contribution in [3.8, 4) is 0 Å². The Morgan fingerprint density at radius 3 is 2.94 bits per heavy atom. The second kappa shape index (κ2) is 4.80. The van der Waals surface area contributed by atoms with Crippen molar-refractivity contribution in [2.24, 2.45) is 0 Å². The maximum absolute atomic E-state index is 12.0. The Labute approximate surface area is 99.2 Å². The lowest BCUT2D eigenvalue weighted by molar-refractivity contribution is -0.132. The van der Waals surface area contributed by atoms with E-state index in [1.165, 1.54) is 0 Å². The molecule has 2 rings (SSSR count). The van der Waals surface area contributed by atoms with Crippen LogP contribution >= 0.6 is 0 Å². The first-order valence-electron chi connectivity index (χ1n) is 5.60. The number of carbonyl (C=O) groups excluding carboxylic acids is 1. The highest BCUT2D eigenvalue weighted by Crippen LogP contribution is 2.10. The summed E-state index contributed by atoms with van der Waals surface area (Å²) in [6.07, 6.45) is 0.0408. The van der Waals surface area contributed by atoms with Crippen LogP contribution in [0.4, 0.5) is 0 Å². The zero-order valence-corrected chi connectivity index (χ0v) is 9.97. The van der Waals surface area contributed by atoms with Crippen molar-refractivity contribution in [2.75, 3.05) is 13.6 Å². The molecule has 1 fully saturated rings. The molecular weight excluding hydrogens is 222 g/mol. The molecule has 0 bridgehead atoms. The van der Waals surface area contributed by atoms with Crippen LogP contribution < -0.4 is 5.32 Å². The van der Waals surface area contributed by atoms with E-state index in [0.717, 1.165) is 5.82 Å². The number of aromatic amines is 1. The van der Waals surface area contributed by atoms with Crippen LogP contribution in [0.2, 0.25) is 0 Å². The van der Waals surface area contributed by atoms with Crippen molar-refractivity contribution < 1.29 is 9.90 Å². The highest BCUT2D eigenvalue weighted by atomic mass is 16.3. The highest BCUT2D eigenvalue weighted by Gasteiger charge is 2.30. The summed E-state index contributed by atoms with van der Waals surface area (Å²) in [7, 11) is 1.71. The van der Waals surface area contributed by atoms with Gasteiger partial charge in [0.2, 0.25) is 5.91 Å². The lowest BCUT2D eigenvalue weighted by Gasteiger charge is -2.19. The first-order valence-corrected chi connectivity index (χ1v) is 5.60. The minimum absolute atomic E-state index is 0.0380. The molecule has 1 aliphatic heterocycles. The molecule has 0 saturated carbocycles.